The maximum atomic E-state index is 13.5. The van der Waals surface area contributed by atoms with Gasteiger partial charge in [0.2, 0.25) is 5.91 Å². The van der Waals surface area contributed by atoms with Gasteiger partial charge >= 0.3 is 0 Å². The Morgan fingerprint density at radius 1 is 1.21 bits per heavy atom. The highest BCUT2D eigenvalue weighted by Gasteiger charge is 2.35. The summed E-state index contributed by atoms with van der Waals surface area (Å²) in [6.07, 6.45) is 1.58. The van der Waals surface area contributed by atoms with Crippen LogP contribution in [-0.4, -0.2) is 65.6 Å². The van der Waals surface area contributed by atoms with Crippen molar-refractivity contribution < 1.29 is 19.4 Å². The molecule has 1 aliphatic carbocycles. The van der Waals surface area contributed by atoms with Crippen LogP contribution in [0.25, 0.3) is 0 Å². The van der Waals surface area contributed by atoms with Crippen molar-refractivity contribution in [1.29, 1.82) is 0 Å². The number of aliphatic hydroxyl groups is 1. The lowest BCUT2D eigenvalue weighted by molar-refractivity contribution is -0.117. The van der Waals surface area contributed by atoms with E-state index in [4.69, 9.17) is 4.74 Å². The van der Waals surface area contributed by atoms with Crippen molar-refractivity contribution in [1.82, 2.24) is 9.80 Å². The summed E-state index contributed by atoms with van der Waals surface area (Å²) >= 11 is 0. The molecule has 1 aliphatic heterocycles. The molecular weight excluding hydrogens is 430 g/mol. The second-order valence-corrected chi connectivity index (χ2v) is 9.75. The molecule has 182 valence electrons. The summed E-state index contributed by atoms with van der Waals surface area (Å²) in [5, 5.41) is 12.8. The minimum Gasteiger partial charge on any atom is -0.486 e. The van der Waals surface area contributed by atoms with Crippen LogP contribution in [0.2, 0.25) is 0 Å². The first-order chi connectivity index (χ1) is 16.4. The fourth-order valence-electron chi connectivity index (χ4n) is 4.41. The van der Waals surface area contributed by atoms with Crippen LogP contribution in [0.3, 0.4) is 0 Å². The van der Waals surface area contributed by atoms with Crippen LogP contribution < -0.4 is 10.1 Å². The van der Waals surface area contributed by atoms with Gasteiger partial charge in [-0.05, 0) is 44.5 Å². The van der Waals surface area contributed by atoms with E-state index in [1.54, 1.807) is 23.1 Å². The first-order valence-electron chi connectivity index (χ1n) is 12.1. The molecule has 1 heterocycles. The van der Waals surface area contributed by atoms with Crippen molar-refractivity contribution >= 4 is 17.5 Å². The molecule has 1 fully saturated rings. The molecule has 0 saturated heterocycles. The van der Waals surface area contributed by atoms with Gasteiger partial charge in [-0.2, -0.15) is 0 Å². The number of para-hydroxylation sites is 1. The van der Waals surface area contributed by atoms with Crippen LogP contribution in [0.1, 0.15) is 42.6 Å². The van der Waals surface area contributed by atoms with E-state index < -0.39 is 0 Å². The molecule has 0 radical (unpaired) electrons. The number of hydrogen-bond donors (Lipinski definition) is 2. The third-order valence-corrected chi connectivity index (χ3v) is 6.68. The molecule has 0 spiro atoms. The predicted molar refractivity (Wildman–Crippen MR) is 132 cm³/mol. The number of nitrogens with one attached hydrogen (secondary N) is 1. The molecule has 2 amide bonds. The average molecular weight is 466 g/mol. The molecule has 7 heteroatoms. The number of hydrogen-bond acceptors (Lipinski definition) is 5. The van der Waals surface area contributed by atoms with Crippen LogP contribution in [0, 0.1) is 11.8 Å². The summed E-state index contributed by atoms with van der Waals surface area (Å²) in [5.74, 6) is 0.246. The molecule has 1 saturated carbocycles. The van der Waals surface area contributed by atoms with Crippen LogP contribution in [-0.2, 0) is 11.3 Å². The van der Waals surface area contributed by atoms with Crippen molar-refractivity contribution in [3.63, 3.8) is 0 Å². The standard InChI is InChI=1S/C27H35N3O4/c1-18-14-30(19(2)17-31)27(33)22-10-7-11-23(28-26(32)21-12-13-21)25(22)34-24(18)16-29(3)15-20-8-5-4-6-9-20/h4-11,18-19,21,24,31H,12-17H2,1-3H3,(H,28,32)/t18-,19-,24-/m1/s1. The van der Waals surface area contributed by atoms with E-state index in [-0.39, 0.29) is 42.4 Å². The molecule has 2 aromatic carbocycles. The van der Waals surface area contributed by atoms with Gasteiger partial charge in [0.1, 0.15) is 6.10 Å². The minimum absolute atomic E-state index is 0.0107. The second kappa shape index (κ2) is 10.6. The second-order valence-electron chi connectivity index (χ2n) is 9.75. The van der Waals surface area contributed by atoms with E-state index in [1.807, 2.05) is 25.1 Å². The molecule has 4 rings (SSSR count). The highest BCUT2D eigenvalue weighted by atomic mass is 16.5. The molecule has 2 aromatic rings. The number of anilines is 1. The minimum atomic E-state index is -0.326. The van der Waals surface area contributed by atoms with E-state index in [9.17, 15) is 14.7 Å². The Kier molecular flexibility index (Phi) is 7.54. The van der Waals surface area contributed by atoms with Crippen molar-refractivity contribution in [3.8, 4) is 5.75 Å². The van der Waals surface area contributed by atoms with Gasteiger partial charge < -0.3 is 20.1 Å². The lowest BCUT2D eigenvalue weighted by Gasteiger charge is -2.38. The van der Waals surface area contributed by atoms with Gasteiger partial charge in [-0.15, -0.1) is 0 Å². The molecule has 2 aliphatic rings. The molecule has 34 heavy (non-hydrogen) atoms. The number of carbonyl (C=O) groups excluding carboxylic acids is 2. The van der Waals surface area contributed by atoms with E-state index >= 15 is 0 Å². The van der Waals surface area contributed by atoms with Crippen LogP contribution >= 0.6 is 0 Å². The van der Waals surface area contributed by atoms with E-state index in [0.29, 0.717) is 30.1 Å². The van der Waals surface area contributed by atoms with Gasteiger partial charge in [0.15, 0.2) is 5.75 Å². The van der Waals surface area contributed by atoms with Crippen LogP contribution in [0.5, 0.6) is 5.75 Å². The first kappa shape index (κ1) is 24.2. The summed E-state index contributed by atoms with van der Waals surface area (Å²) in [6.45, 7) is 5.70. The highest BCUT2D eigenvalue weighted by molar-refractivity contribution is 6.02. The zero-order chi connectivity index (χ0) is 24.2. The van der Waals surface area contributed by atoms with Gasteiger partial charge in [-0.1, -0.05) is 43.3 Å². The fraction of sp³-hybridized carbons (Fsp3) is 0.481. The summed E-state index contributed by atoms with van der Waals surface area (Å²) in [4.78, 5) is 30.0. The third kappa shape index (κ3) is 5.59. The molecule has 0 aromatic heterocycles. The van der Waals surface area contributed by atoms with Crippen molar-refractivity contribution in [2.24, 2.45) is 11.8 Å². The number of aliphatic hydroxyl groups excluding tert-OH is 1. The van der Waals surface area contributed by atoms with E-state index in [1.165, 1.54) is 5.56 Å². The highest BCUT2D eigenvalue weighted by Crippen LogP contribution is 2.37. The Balaban J connectivity index is 1.64. The van der Waals surface area contributed by atoms with Gasteiger partial charge in [-0.25, -0.2) is 0 Å². The number of benzene rings is 2. The number of likely N-dealkylation sites (N-methyl/N-ethyl adjacent to an activating group) is 1. The Morgan fingerprint density at radius 2 is 1.94 bits per heavy atom. The average Bonchev–Trinajstić information content (AvgIpc) is 3.67. The van der Waals surface area contributed by atoms with Gasteiger partial charge in [-0.3, -0.25) is 14.5 Å². The van der Waals surface area contributed by atoms with Crippen LogP contribution in [0.4, 0.5) is 5.69 Å². The normalized spacial score (nSPS) is 21.3. The third-order valence-electron chi connectivity index (χ3n) is 6.68. The molecule has 3 atom stereocenters. The smallest absolute Gasteiger partial charge is 0.258 e. The van der Waals surface area contributed by atoms with Crippen molar-refractivity contribution in [2.45, 2.75) is 45.4 Å². The van der Waals surface area contributed by atoms with Crippen molar-refractivity contribution in [2.75, 3.05) is 32.1 Å². The summed E-state index contributed by atoms with van der Waals surface area (Å²) in [6, 6.07) is 15.2. The van der Waals surface area contributed by atoms with Crippen molar-refractivity contribution in [3.05, 3.63) is 59.7 Å². The number of amides is 2. The molecule has 0 unspecified atom stereocenters. The largest absolute Gasteiger partial charge is 0.486 e. The topological polar surface area (TPSA) is 82.1 Å². The van der Waals surface area contributed by atoms with Gasteiger partial charge in [0.25, 0.3) is 5.91 Å². The number of carbonyl (C=O) groups is 2. The summed E-state index contributed by atoms with van der Waals surface area (Å²) < 4.78 is 6.56. The fourth-order valence-corrected chi connectivity index (χ4v) is 4.41. The Morgan fingerprint density at radius 3 is 2.62 bits per heavy atom. The monoisotopic (exact) mass is 465 g/mol. The van der Waals surface area contributed by atoms with E-state index in [0.717, 1.165) is 19.4 Å². The zero-order valence-corrected chi connectivity index (χ0v) is 20.2. The lowest BCUT2D eigenvalue weighted by atomic mass is 9.98. The Bertz CT molecular complexity index is 1010. The molecule has 0 bridgehead atoms. The number of nitrogens with zero attached hydrogens (tertiary/aromatic N) is 2. The van der Waals surface area contributed by atoms with E-state index in [2.05, 4.69) is 36.3 Å². The number of rotatable bonds is 8. The predicted octanol–water partition coefficient (Wildman–Crippen LogP) is 3.39. The maximum absolute atomic E-state index is 13.5. The van der Waals surface area contributed by atoms with Crippen LogP contribution in [0.15, 0.2) is 48.5 Å². The molecule has 2 N–H and O–H groups in total. The number of ether oxygens (including phenoxy) is 1. The number of fused-ring (bicyclic) bond motifs is 1. The summed E-state index contributed by atoms with van der Waals surface area (Å²) in [5.41, 5.74) is 2.16. The molecule has 7 nitrogen and oxygen atoms in total. The Labute approximate surface area is 201 Å². The lowest BCUT2D eigenvalue weighted by Crippen LogP contribution is -2.49. The quantitative estimate of drug-likeness (QED) is 0.625. The zero-order valence-electron chi connectivity index (χ0n) is 20.2. The maximum Gasteiger partial charge on any atom is 0.258 e. The summed E-state index contributed by atoms with van der Waals surface area (Å²) in [7, 11) is 2.06. The van der Waals surface area contributed by atoms with Gasteiger partial charge in [0.05, 0.1) is 23.9 Å². The Hall–Kier alpha value is -2.90. The SMILES string of the molecule is C[C@@H]1CN([C@H](C)CO)C(=O)c2cccc(NC(=O)C3CC3)c2O[C@@H]1CN(C)Cc1ccccc1. The molecular formula is C27H35N3O4. The first-order valence-corrected chi connectivity index (χ1v) is 12.1. The van der Waals surface area contributed by atoms with Gasteiger partial charge in [0, 0.05) is 31.5 Å².